The molecular formula is C16H26N2O3. The van der Waals surface area contributed by atoms with Crippen LogP contribution in [0.15, 0.2) is 18.2 Å². The summed E-state index contributed by atoms with van der Waals surface area (Å²) in [7, 11) is 3.16. The van der Waals surface area contributed by atoms with Crippen molar-refractivity contribution in [3.05, 3.63) is 18.2 Å². The number of hydrogen-bond donors (Lipinski definition) is 1. The van der Waals surface area contributed by atoms with E-state index in [1.54, 1.807) is 26.4 Å². The van der Waals surface area contributed by atoms with Gasteiger partial charge in [0.25, 0.3) is 0 Å². The lowest BCUT2D eigenvalue weighted by molar-refractivity contribution is 0.211. The largest absolute Gasteiger partial charge is 0.493 e. The molecule has 1 aromatic carbocycles. The molecule has 0 saturated heterocycles. The van der Waals surface area contributed by atoms with Crippen LogP contribution >= 0.6 is 0 Å². The molecule has 0 heterocycles. The highest BCUT2D eigenvalue weighted by molar-refractivity contribution is 5.89. The smallest absolute Gasteiger partial charge is 0.321 e. The van der Waals surface area contributed by atoms with Crippen LogP contribution in [0, 0.1) is 0 Å². The van der Waals surface area contributed by atoms with Crippen molar-refractivity contribution >= 4 is 11.7 Å². The molecule has 0 aromatic heterocycles. The van der Waals surface area contributed by atoms with Crippen molar-refractivity contribution in [2.75, 3.05) is 32.6 Å². The average molecular weight is 294 g/mol. The Kier molecular flexibility index (Phi) is 7.43. The summed E-state index contributed by atoms with van der Waals surface area (Å²) >= 11 is 0. The van der Waals surface area contributed by atoms with Crippen molar-refractivity contribution in [3.63, 3.8) is 0 Å². The quantitative estimate of drug-likeness (QED) is 0.794. The van der Waals surface area contributed by atoms with Crippen LogP contribution in [0.4, 0.5) is 10.5 Å². The van der Waals surface area contributed by atoms with Crippen molar-refractivity contribution in [2.24, 2.45) is 0 Å². The number of hydrogen-bond acceptors (Lipinski definition) is 3. The molecule has 0 atom stereocenters. The van der Waals surface area contributed by atoms with E-state index >= 15 is 0 Å². The molecule has 1 N–H and O–H groups in total. The number of carbonyl (C=O) groups is 1. The standard InChI is InChI=1S/C16H26N2O3/c1-5-7-11-18(10-6-2)16(19)17-13-8-9-14(20-3)15(12-13)21-4/h8-9,12H,5-7,10-11H2,1-4H3,(H,17,19). The number of urea groups is 1. The van der Waals surface area contributed by atoms with E-state index in [2.05, 4.69) is 19.2 Å². The number of nitrogens with one attached hydrogen (secondary N) is 1. The highest BCUT2D eigenvalue weighted by atomic mass is 16.5. The molecule has 0 unspecified atom stereocenters. The molecule has 0 aliphatic heterocycles. The van der Waals surface area contributed by atoms with Gasteiger partial charge in [-0.3, -0.25) is 0 Å². The number of anilines is 1. The van der Waals surface area contributed by atoms with Crippen LogP contribution in [-0.2, 0) is 0 Å². The first-order valence-electron chi connectivity index (χ1n) is 7.44. The van der Waals surface area contributed by atoms with Crippen LogP contribution in [0.1, 0.15) is 33.1 Å². The van der Waals surface area contributed by atoms with Gasteiger partial charge in [0.1, 0.15) is 0 Å². The van der Waals surface area contributed by atoms with Gasteiger partial charge < -0.3 is 19.7 Å². The maximum atomic E-state index is 12.3. The topological polar surface area (TPSA) is 50.8 Å². The third-order valence-electron chi connectivity index (χ3n) is 3.20. The lowest BCUT2D eigenvalue weighted by Gasteiger charge is -2.22. The number of carbonyl (C=O) groups excluding carboxylic acids is 1. The summed E-state index contributed by atoms with van der Waals surface area (Å²) in [6, 6.07) is 5.28. The number of ether oxygens (including phenoxy) is 2. The lowest BCUT2D eigenvalue weighted by atomic mass is 10.2. The van der Waals surface area contributed by atoms with Crippen LogP contribution in [-0.4, -0.2) is 38.2 Å². The molecule has 1 aromatic rings. The van der Waals surface area contributed by atoms with Gasteiger partial charge in [-0.2, -0.15) is 0 Å². The first-order chi connectivity index (χ1) is 10.2. The highest BCUT2D eigenvalue weighted by Gasteiger charge is 2.13. The first kappa shape index (κ1) is 17.1. The number of rotatable bonds is 8. The van der Waals surface area contributed by atoms with E-state index in [0.717, 1.165) is 32.4 Å². The Bertz CT molecular complexity index is 449. The van der Waals surface area contributed by atoms with E-state index < -0.39 is 0 Å². The van der Waals surface area contributed by atoms with E-state index in [1.807, 2.05) is 11.0 Å². The van der Waals surface area contributed by atoms with E-state index in [4.69, 9.17) is 9.47 Å². The van der Waals surface area contributed by atoms with Gasteiger partial charge in [0.05, 0.1) is 14.2 Å². The van der Waals surface area contributed by atoms with Crippen molar-refractivity contribution in [3.8, 4) is 11.5 Å². The summed E-state index contributed by atoms with van der Waals surface area (Å²) in [5, 5.41) is 2.91. The number of methoxy groups -OCH3 is 2. The molecule has 2 amide bonds. The SMILES string of the molecule is CCCCN(CCC)C(=O)Nc1ccc(OC)c(OC)c1. The fourth-order valence-electron chi connectivity index (χ4n) is 2.05. The number of unbranched alkanes of at least 4 members (excludes halogenated alkanes) is 1. The van der Waals surface area contributed by atoms with Crippen molar-refractivity contribution in [1.82, 2.24) is 4.90 Å². The second kappa shape index (κ2) is 9.10. The fraction of sp³-hybridized carbons (Fsp3) is 0.562. The van der Waals surface area contributed by atoms with Gasteiger partial charge >= 0.3 is 6.03 Å². The zero-order valence-electron chi connectivity index (χ0n) is 13.4. The summed E-state index contributed by atoms with van der Waals surface area (Å²) in [5.41, 5.74) is 0.704. The fourth-order valence-corrected chi connectivity index (χ4v) is 2.05. The van der Waals surface area contributed by atoms with Crippen LogP contribution in [0.2, 0.25) is 0 Å². The van der Waals surface area contributed by atoms with Crippen molar-refractivity contribution < 1.29 is 14.3 Å². The third-order valence-corrected chi connectivity index (χ3v) is 3.20. The Morgan fingerprint density at radius 1 is 1.10 bits per heavy atom. The molecule has 0 fully saturated rings. The van der Waals surface area contributed by atoms with Gasteiger partial charge in [-0.05, 0) is 25.0 Å². The lowest BCUT2D eigenvalue weighted by Crippen LogP contribution is -2.36. The Balaban J connectivity index is 2.75. The normalized spacial score (nSPS) is 10.1. The van der Waals surface area contributed by atoms with Crippen LogP contribution < -0.4 is 14.8 Å². The second-order valence-corrected chi connectivity index (χ2v) is 4.84. The summed E-state index contributed by atoms with van der Waals surface area (Å²) in [6.45, 7) is 5.74. The van der Waals surface area contributed by atoms with E-state index in [9.17, 15) is 4.79 Å². The number of benzene rings is 1. The number of amides is 2. The molecule has 5 heteroatoms. The number of nitrogens with zero attached hydrogens (tertiary/aromatic N) is 1. The predicted molar refractivity (Wildman–Crippen MR) is 85.3 cm³/mol. The molecule has 0 spiro atoms. The Morgan fingerprint density at radius 3 is 2.38 bits per heavy atom. The molecule has 0 aliphatic rings. The third kappa shape index (κ3) is 5.17. The van der Waals surface area contributed by atoms with E-state index in [1.165, 1.54) is 0 Å². The van der Waals surface area contributed by atoms with E-state index in [-0.39, 0.29) is 6.03 Å². The zero-order valence-corrected chi connectivity index (χ0v) is 13.4. The molecule has 0 bridgehead atoms. The maximum Gasteiger partial charge on any atom is 0.321 e. The summed E-state index contributed by atoms with van der Waals surface area (Å²) in [4.78, 5) is 14.2. The van der Waals surface area contributed by atoms with E-state index in [0.29, 0.717) is 17.2 Å². The molecule has 1 rings (SSSR count). The minimum atomic E-state index is -0.0717. The molecule has 5 nitrogen and oxygen atoms in total. The minimum absolute atomic E-state index is 0.0717. The predicted octanol–water partition coefficient (Wildman–Crippen LogP) is 3.75. The highest BCUT2D eigenvalue weighted by Crippen LogP contribution is 2.29. The Labute approximate surface area is 127 Å². The summed E-state index contributed by atoms with van der Waals surface area (Å²) in [6.07, 6.45) is 3.03. The van der Waals surface area contributed by atoms with Crippen LogP contribution in [0.5, 0.6) is 11.5 Å². The molecule has 21 heavy (non-hydrogen) atoms. The molecule has 0 saturated carbocycles. The second-order valence-electron chi connectivity index (χ2n) is 4.84. The van der Waals surface area contributed by atoms with Gasteiger partial charge in [0, 0.05) is 24.8 Å². The van der Waals surface area contributed by atoms with Gasteiger partial charge in [-0.25, -0.2) is 4.79 Å². The van der Waals surface area contributed by atoms with Gasteiger partial charge in [-0.15, -0.1) is 0 Å². The molecule has 0 aliphatic carbocycles. The van der Waals surface area contributed by atoms with Crippen LogP contribution in [0.25, 0.3) is 0 Å². The Morgan fingerprint density at radius 2 is 1.81 bits per heavy atom. The van der Waals surface area contributed by atoms with Gasteiger partial charge in [0.15, 0.2) is 11.5 Å². The maximum absolute atomic E-state index is 12.3. The summed E-state index contributed by atoms with van der Waals surface area (Å²) < 4.78 is 10.4. The molecule has 0 radical (unpaired) electrons. The van der Waals surface area contributed by atoms with Crippen molar-refractivity contribution in [1.29, 1.82) is 0 Å². The van der Waals surface area contributed by atoms with Crippen molar-refractivity contribution in [2.45, 2.75) is 33.1 Å². The average Bonchev–Trinajstić information content (AvgIpc) is 2.51. The zero-order chi connectivity index (χ0) is 15.7. The first-order valence-corrected chi connectivity index (χ1v) is 7.44. The summed E-state index contributed by atoms with van der Waals surface area (Å²) in [5.74, 6) is 1.25. The van der Waals surface area contributed by atoms with Gasteiger partial charge in [-0.1, -0.05) is 20.3 Å². The Hall–Kier alpha value is -1.91. The van der Waals surface area contributed by atoms with Gasteiger partial charge in [0.2, 0.25) is 0 Å². The monoisotopic (exact) mass is 294 g/mol. The van der Waals surface area contributed by atoms with Crippen LogP contribution in [0.3, 0.4) is 0 Å². The molecule has 118 valence electrons. The minimum Gasteiger partial charge on any atom is -0.493 e. The molecular weight excluding hydrogens is 268 g/mol.